The van der Waals surface area contributed by atoms with E-state index in [-0.39, 0.29) is 0 Å². The molecule has 0 aliphatic heterocycles. The fourth-order valence-electron chi connectivity index (χ4n) is 1.66. The topological polar surface area (TPSA) is 42.2 Å². The normalized spacial score (nSPS) is 13.3. The molecule has 0 spiro atoms. The van der Waals surface area contributed by atoms with E-state index >= 15 is 0 Å². The first-order chi connectivity index (χ1) is 6.74. The molecule has 0 aliphatic rings. The molecule has 1 heterocycles. The molecule has 74 valence electrons. The van der Waals surface area contributed by atoms with Gasteiger partial charge in [0, 0.05) is 17.4 Å². The molecule has 1 N–H and O–H groups in total. The maximum absolute atomic E-state index is 11.0. The third kappa shape index (κ3) is 1.36. The molecule has 2 aromatic rings. The standard InChI is InChI=1S/C10H11NO2S/c1-2-11-9-6-4-3-5-8(9)7-10(11)14(12)13/h3-7H,2H2,1H3,(H,12,13). The molecule has 1 aromatic heterocycles. The predicted octanol–water partition coefficient (Wildman–Crippen LogP) is 2.24. The molecular formula is C10H11NO2S. The van der Waals surface area contributed by atoms with Crippen molar-refractivity contribution in [2.75, 3.05) is 0 Å². The molecular weight excluding hydrogens is 198 g/mol. The van der Waals surface area contributed by atoms with Crippen LogP contribution in [0.2, 0.25) is 0 Å². The Morgan fingerprint density at radius 3 is 2.79 bits per heavy atom. The predicted molar refractivity (Wildman–Crippen MR) is 56.6 cm³/mol. The molecule has 0 amide bonds. The molecule has 0 saturated heterocycles. The minimum atomic E-state index is -1.91. The van der Waals surface area contributed by atoms with E-state index in [1.165, 1.54) is 0 Å². The van der Waals surface area contributed by atoms with Crippen LogP contribution in [0.25, 0.3) is 10.9 Å². The van der Waals surface area contributed by atoms with Gasteiger partial charge in [0.15, 0.2) is 0 Å². The van der Waals surface area contributed by atoms with Gasteiger partial charge < -0.3 is 9.12 Å². The molecule has 0 fully saturated rings. The van der Waals surface area contributed by atoms with Crippen LogP contribution in [0.1, 0.15) is 6.92 Å². The first-order valence-corrected chi connectivity index (χ1v) is 5.54. The third-order valence-corrected chi connectivity index (χ3v) is 2.96. The summed E-state index contributed by atoms with van der Waals surface area (Å²) in [5, 5.41) is 1.47. The number of rotatable bonds is 2. The van der Waals surface area contributed by atoms with Gasteiger partial charge in [-0.2, -0.15) is 0 Å². The van der Waals surface area contributed by atoms with E-state index in [0.29, 0.717) is 11.6 Å². The SMILES string of the molecule is CCn1c(S(=O)O)cc2ccccc21. The van der Waals surface area contributed by atoms with Gasteiger partial charge in [0.05, 0.1) is 0 Å². The molecule has 1 unspecified atom stereocenters. The van der Waals surface area contributed by atoms with E-state index < -0.39 is 11.1 Å². The Morgan fingerprint density at radius 1 is 1.43 bits per heavy atom. The van der Waals surface area contributed by atoms with Crippen LogP contribution >= 0.6 is 0 Å². The number of hydrogen-bond acceptors (Lipinski definition) is 1. The first-order valence-electron chi connectivity index (χ1n) is 4.43. The molecule has 2 rings (SSSR count). The van der Waals surface area contributed by atoms with Crippen LogP contribution in [0.4, 0.5) is 0 Å². The highest BCUT2D eigenvalue weighted by molar-refractivity contribution is 7.79. The minimum absolute atomic E-state index is 0.466. The quantitative estimate of drug-likeness (QED) is 0.771. The Labute approximate surface area is 84.6 Å². The summed E-state index contributed by atoms with van der Waals surface area (Å²) < 4.78 is 22.0. The molecule has 0 aliphatic carbocycles. The highest BCUT2D eigenvalue weighted by atomic mass is 32.2. The maximum Gasteiger partial charge on any atom is 0.203 e. The maximum atomic E-state index is 11.0. The number of hydrogen-bond donors (Lipinski definition) is 1. The zero-order valence-corrected chi connectivity index (χ0v) is 8.62. The Hall–Kier alpha value is -1.13. The second-order valence-electron chi connectivity index (χ2n) is 3.03. The Bertz CT molecular complexity index is 490. The average Bonchev–Trinajstić information content (AvgIpc) is 2.56. The van der Waals surface area contributed by atoms with Crippen LogP contribution in [0.3, 0.4) is 0 Å². The van der Waals surface area contributed by atoms with E-state index in [4.69, 9.17) is 4.55 Å². The van der Waals surface area contributed by atoms with Crippen molar-refractivity contribution in [2.45, 2.75) is 18.5 Å². The summed E-state index contributed by atoms with van der Waals surface area (Å²) in [5.41, 5.74) is 1.01. The Kier molecular flexibility index (Phi) is 2.39. The summed E-state index contributed by atoms with van der Waals surface area (Å²) in [7, 11) is 0. The van der Waals surface area contributed by atoms with Crippen molar-refractivity contribution in [3.05, 3.63) is 30.3 Å². The molecule has 1 aromatic carbocycles. The van der Waals surface area contributed by atoms with Gasteiger partial charge in [0.1, 0.15) is 5.03 Å². The van der Waals surface area contributed by atoms with Gasteiger partial charge in [-0.1, -0.05) is 18.2 Å². The summed E-state index contributed by atoms with van der Waals surface area (Å²) in [6, 6.07) is 9.51. The van der Waals surface area contributed by atoms with Crippen LogP contribution in [0, 0.1) is 0 Å². The number of aryl methyl sites for hydroxylation is 1. The third-order valence-electron chi connectivity index (χ3n) is 2.27. The molecule has 0 radical (unpaired) electrons. The summed E-state index contributed by atoms with van der Waals surface area (Å²) in [6.45, 7) is 2.66. The summed E-state index contributed by atoms with van der Waals surface area (Å²) >= 11 is -1.91. The molecule has 3 nitrogen and oxygen atoms in total. The Morgan fingerprint density at radius 2 is 2.14 bits per heavy atom. The van der Waals surface area contributed by atoms with Crippen molar-refractivity contribution in [2.24, 2.45) is 0 Å². The van der Waals surface area contributed by atoms with Crippen molar-refractivity contribution < 1.29 is 8.76 Å². The van der Waals surface area contributed by atoms with Gasteiger partial charge in [-0.05, 0) is 19.1 Å². The molecule has 0 saturated carbocycles. The molecule has 1 atom stereocenters. The number of nitrogens with zero attached hydrogens (tertiary/aromatic N) is 1. The van der Waals surface area contributed by atoms with Crippen LogP contribution in [-0.2, 0) is 17.6 Å². The summed E-state index contributed by atoms with van der Waals surface area (Å²) in [4.78, 5) is 0. The lowest BCUT2D eigenvalue weighted by atomic mass is 10.2. The smallest absolute Gasteiger partial charge is 0.203 e. The van der Waals surface area contributed by atoms with E-state index in [9.17, 15) is 4.21 Å². The van der Waals surface area contributed by atoms with Crippen LogP contribution < -0.4 is 0 Å². The molecule has 14 heavy (non-hydrogen) atoms. The van der Waals surface area contributed by atoms with E-state index in [1.807, 2.05) is 35.8 Å². The van der Waals surface area contributed by atoms with Crippen molar-refractivity contribution in [1.29, 1.82) is 0 Å². The highest BCUT2D eigenvalue weighted by Crippen LogP contribution is 2.21. The zero-order valence-electron chi connectivity index (χ0n) is 7.80. The second-order valence-corrected chi connectivity index (χ2v) is 3.95. The van der Waals surface area contributed by atoms with Gasteiger partial charge in [-0.15, -0.1) is 0 Å². The second kappa shape index (κ2) is 3.55. The van der Waals surface area contributed by atoms with E-state index in [2.05, 4.69) is 0 Å². The number of para-hydroxylation sites is 1. The lowest BCUT2D eigenvalue weighted by molar-refractivity contribution is 0.550. The van der Waals surface area contributed by atoms with Crippen molar-refractivity contribution >= 4 is 22.0 Å². The molecule has 0 bridgehead atoms. The molecule has 4 heteroatoms. The van der Waals surface area contributed by atoms with Gasteiger partial charge >= 0.3 is 0 Å². The largest absolute Gasteiger partial charge is 0.332 e. The average molecular weight is 209 g/mol. The first kappa shape index (κ1) is 9.43. The van der Waals surface area contributed by atoms with Gasteiger partial charge in [-0.3, -0.25) is 0 Å². The summed E-state index contributed by atoms with van der Waals surface area (Å²) in [6.07, 6.45) is 0. The van der Waals surface area contributed by atoms with E-state index in [0.717, 1.165) is 10.9 Å². The van der Waals surface area contributed by atoms with Gasteiger partial charge in [-0.25, -0.2) is 4.21 Å². The van der Waals surface area contributed by atoms with E-state index in [1.54, 1.807) is 6.07 Å². The number of benzene rings is 1. The lowest BCUT2D eigenvalue weighted by Crippen LogP contribution is -2.01. The Balaban J connectivity index is 2.78. The fraction of sp³-hybridized carbons (Fsp3) is 0.200. The number of fused-ring (bicyclic) bond motifs is 1. The lowest BCUT2D eigenvalue weighted by Gasteiger charge is -2.03. The van der Waals surface area contributed by atoms with Gasteiger partial charge in [0.25, 0.3) is 0 Å². The minimum Gasteiger partial charge on any atom is -0.332 e. The fourth-order valence-corrected chi connectivity index (χ4v) is 2.30. The van der Waals surface area contributed by atoms with Crippen molar-refractivity contribution in [3.8, 4) is 0 Å². The van der Waals surface area contributed by atoms with Crippen LogP contribution in [-0.4, -0.2) is 13.3 Å². The van der Waals surface area contributed by atoms with Crippen LogP contribution in [0.15, 0.2) is 35.4 Å². The van der Waals surface area contributed by atoms with Crippen molar-refractivity contribution in [3.63, 3.8) is 0 Å². The van der Waals surface area contributed by atoms with Crippen LogP contribution in [0.5, 0.6) is 0 Å². The summed E-state index contributed by atoms with van der Waals surface area (Å²) in [5.74, 6) is 0. The van der Waals surface area contributed by atoms with Gasteiger partial charge in [0.2, 0.25) is 11.1 Å². The zero-order chi connectivity index (χ0) is 10.1. The number of aromatic nitrogens is 1. The highest BCUT2D eigenvalue weighted by Gasteiger charge is 2.10. The van der Waals surface area contributed by atoms with Crippen molar-refractivity contribution in [1.82, 2.24) is 4.57 Å². The monoisotopic (exact) mass is 209 g/mol.